The maximum Gasteiger partial charge on any atom is 0.253 e. The molecule has 0 saturated heterocycles. The third-order valence-corrected chi connectivity index (χ3v) is 4.84. The van der Waals surface area contributed by atoms with Crippen LogP contribution in [0.3, 0.4) is 0 Å². The summed E-state index contributed by atoms with van der Waals surface area (Å²) in [5.74, 6) is -0.0237. The molecule has 1 fully saturated rings. The second kappa shape index (κ2) is 8.65. The van der Waals surface area contributed by atoms with Crippen molar-refractivity contribution in [1.82, 2.24) is 10.3 Å². The first-order valence-electron chi connectivity index (χ1n) is 9.36. The van der Waals surface area contributed by atoms with E-state index in [1.165, 1.54) is 31.2 Å². The van der Waals surface area contributed by atoms with Crippen molar-refractivity contribution in [2.24, 2.45) is 0 Å². The van der Waals surface area contributed by atoms with Gasteiger partial charge in [-0.3, -0.25) is 9.78 Å². The van der Waals surface area contributed by atoms with Crippen LogP contribution in [-0.4, -0.2) is 16.9 Å². The number of aryl methyl sites for hydroxylation is 1. The summed E-state index contributed by atoms with van der Waals surface area (Å²) in [6.45, 7) is 2.14. The molecule has 4 heteroatoms. The zero-order valence-corrected chi connectivity index (χ0v) is 14.9. The lowest BCUT2D eigenvalue weighted by atomic mass is 10.1. The number of amides is 1. The summed E-state index contributed by atoms with van der Waals surface area (Å²) < 4.78 is 0. The van der Waals surface area contributed by atoms with Crippen LogP contribution < -0.4 is 10.6 Å². The van der Waals surface area contributed by atoms with Gasteiger partial charge in [0.25, 0.3) is 5.91 Å². The number of carbonyl (C=O) groups excluding carboxylic acids is 1. The van der Waals surface area contributed by atoms with Gasteiger partial charge in [-0.1, -0.05) is 44.7 Å². The van der Waals surface area contributed by atoms with Gasteiger partial charge >= 0.3 is 0 Å². The molecule has 0 spiro atoms. The first-order chi connectivity index (χ1) is 12.2. The Balaban J connectivity index is 1.64. The highest BCUT2D eigenvalue weighted by Gasteiger charge is 2.16. The van der Waals surface area contributed by atoms with Gasteiger partial charge in [0.05, 0.1) is 17.4 Å². The van der Waals surface area contributed by atoms with Gasteiger partial charge in [-0.15, -0.1) is 0 Å². The molecule has 1 aliphatic carbocycles. The molecule has 1 aromatic carbocycles. The van der Waals surface area contributed by atoms with Gasteiger partial charge in [-0.25, -0.2) is 0 Å². The molecule has 0 bridgehead atoms. The predicted octanol–water partition coefficient (Wildman–Crippen LogP) is 4.84. The lowest BCUT2D eigenvalue weighted by molar-refractivity contribution is 0.0933. The Bertz CT molecular complexity index is 689. The van der Waals surface area contributed by atoms with Gasteiger partial charge in [0.15, 0.2) is 0 Å². The Morgan fingerprint density at radius 3 is 2.44 bits per heavy atom. The number of pyridine rings is 1. The third-order valence-electron chi connectivity index (χ3n) is 4.84. The summed E-state index contributed by atoms with van der Waals surface area (Å²) in [5, 5.41) is 6.50. The number of rotatable bonds is 5. The van der Waals surface area contributed by atoms with Crippen LogP contribution in [0.25, 0.3) is 0 Å². The van der Waals surface area contributed by atoms with Crippen molar-refractivity contribution in [3.8, 4) is 0 Å². The smallest absolute Gasteiger partial charge is 0.253 e. The molecule has 25 heavy (non-hydrogen) atoms. The number of benzene rings is 1. The second-order valence-electron chi connectivity index (χ2n) is 6.80. The number of nitrogens with zero attached hydrogens (tertiary/aromatic N) is 1. The quantitative estimate of drug-likeness (QED) is 0.768. The zero-order chi connectivity index (χ0) is 17.5. The van der Waals surface area contributed by atoms with Gasteiger partial charge in [0.2, 0.25) is 0 Å². The van der Waals surface area contributed by atoms with E-state index in [4.69, 9.17) is 0 Å². The second-order valence-corrected chi connectivity index (χ2v) is 6.80. The first kappa shape index (κ1) is 17.5. The summed E-state index contributed by atoms with van der Waals surface area (Å²) in [7, 11) is 0. The molecule has 0 atom stereocenters. The van der Waals surface area contributed by atoms with Crippen LogP contribution in [-0.2, 0) is 6.42 Å². The lowest BCUT2D eigenvalue weighted by Crippen LogP contribution is -2.34. The fourth-order valence-electron chi connectivity index (χ4n) is 3.32. The van der Waals surface area contributed by atoms with E-state index in [0.29, 0.717) is 11.6 Å². The van der Waals surface area contributed by atoms with E-state index in [9.17, 15) is 4.79 Å². The molecule has 2 N–H and O–H groups in total. The minimum absolute atomic E-state index is 0.0237. The number of carbonyl (C=O) groups is 1. The molecule has 1 aromatic heterocycles. The van der Waals surface area contributed by atoms with E-state index in [-0.39, 0.29) is 5.91 Å². The summed E-state index contributed by atoms with van der Waals surface area (Å²) in [4.78, 5) is 16.8. The molecule has 1 saturated carbocycles. The SMILES string of the molecule is CCc1ccc(Nc2cncc(C(=O)NC3CCCCCC3)c2)cc1. The molecule has 1 aliphatic rings. The number of hydrogen-bond acceptors (Lipinski definition) is 3. The fraction of sp³-hybridized carbons (Fsp3) is 0.429. The molecule has 0 aliphatic heterocycles. The van der Waals surface area contributed by atoms with Crippen LogP contribution >= 0.6 is 0 Å². The normalized spacial score (nSPS) is 15.4. The van der Waals surface area contributed by atoms with E-state index in [0.717, 1.165) is 30.6 Å². The van der Waals surface area contributed by atoms with Crippen LogP contribution in [0.15, 0.2) is 42.7 Å². The molecular formula is C21H27N3O. The van der Waals surface area contributed by atoms with Crippen LogP contribution in [0.2, 0.25) is 0 Å². The monoisotopic (exact) mass is 337 g/mol. The molecular weight excluding hydrogens is 310 g/mol. The summed E-state index contributed by atoms with van der Waals surface area (Å²) in [6, 6.07) is 10.5. The minimum atomic E-state index is -0.0237. The molecule has 3 rings (SSSR count). The molecule has 132 valence electrons. The Kier molecular flexibility index (Phi) is 6.04. The van der Waals surface area contributed by atoms with Crippen molar-refractivity contribution in [3.63, 3.8) is 0 Å². The van der Waals surface area contributed by atoms with E-state index in [2.05, 4.69) is 46.8 Å². The van der Waals surface area contributed by atoms with Gasteiger partial charge in [0.1, 0.15) is 0 Å². The average molecular weight is 337 g/mol. The maximum absolute atomic E-state index is 12.5. The van der Waals surface area contributed by atoms with Gasteiger partial charge in [-0.2, -0.15) is 0 Å². The lowest BCUT2D eigenvalue weighted by Gasteiger charge is -2.16. The zero-order valence-electron chi connectivity index (χ0n) is 14.9. The highest BCUT2D eigenvalue weighted by molar-refractivity contribution is 5.95. The highest BCUT2D eigenvalue weighted by atomic mass is 16.1. The van der Waals surface area contributed by atoms with E-state index >= 15 is 0 Å². The van der Waals surface area contributed by atoms with Gasteiger partial charge in [-0.05, 0) is 43.0 Å². The predicted molar refractivity (Wildman–Crippen MR) is 102 cm³/mol. The first-order valence-corrected chi connectivity index (χ1v) is 9.36. The summed E-state index contributed by atoms with van der Waals surface area (Å²) in [6.07, 6.45) is 11.6. The molecule has 4 nitrogen and oxygen atoms in total. The number of hydrogen-bond donors (Lipinski definition) is 2. The van der Waals surface area contributed by atoms with Crippen LogP contribution in [0.5, 0.6) is 0 Å². The molecule has 1 amide bonds. The Labute approximate surface area is 150 Å². The number of nitrogens with one attached hydrogen (secondary N) is 2. The van der Waals surface area contributed by atoms with Crippen LogP contribution in [0.1, 0.15) is 61.4 Å². The average Bonchev–Trinajstić information content (AvgIpc) is 2.91. The van der Waals surface area contributed by atoms with Crippen LogP contribution in [0.4, 0.5) is 11.4 Å². The van der Waals surface area contributed by atoms with Crippen molar-refractivity contribution >= 4 is 17.3 Å². The Morgan fingerprint density at radius 2 is 1.76 bits per heavy atom. The van der Waals surface area contributed by atoms with Crippen molar-refractivity contribution in [3.05, 3.63) is 53.9 Å². The van der Waals surface area contributed by atoms with Crippen molar-refractivity contribution in [2.45, 2.75) is 57.9 Å². The number of anilines is 2. The minimum Gasteiger partial charge on any atom is -0.354 e. The van der Waals surface area contributed by atoms with E-state index in [1.807, 2.05) is 6.07 Å². The van der Waals surface area contributed by atoms with Gasteiger partial charge < -0.3 is 10.6 Å². The Hall–Kier alpha value is -2.36. The van der Waals surface area contributed by atoms with Gasteiger partial charge in [0, 0.05) is 17.9 Å². The molecule has 1 heterocycles. The van der Waals surface area contributed by atoms with Crippen molar-refractivity contribution in [2.75, 3.05) is 5.32 Å². The molecule has 0 radical (unpaired) electrons. The molecule has 2 aromatic rings. The maximum atomic E-state index is 12.5. The topological polar surface area (TPSA) is 54.0 Å². The fourth-order valence-corrected chi connectivity index (χ4v) is 3.32. The van der Waals surface area contributed by atoms with Crippen LogP contribution in [0, 0.1) is 0 Å². The number of aromatic nitrogens is 1. The highest BCUT2D eigenvalue weighted by Crippen LogP contribution is 2.20. The van der Waals surface area contributed by atoms with E-state index in [1.54, 1.807) is 12.4 Å². The summed E-state index contributed by atoms with van der Waals surface area (Å²) >= 11 is 0. The molecule has 0 unspecified atom stereocenters. The van der Waals surface area contributed by atoms with E-state index < -0.39 is 0 Å². The third kappa shape index (κ3) is 5.05. The largest absolute Gasteiger partial charge is 0.354 e. The Morgan fingerprint density at radius 1 is 1.04 bits per heavy atom. The van der Waals surface area contributed by atoms with Crippen molar-refractivity contribution in [1.29, 1.82) is 0 Å². The van der Waals surface area contributed by atoms with Crippen molar-refractivity contribution < 1.29 is 4.79 Å². The standard InChI is InChI=1S/C21H27N3O/c1-2-16-9-11-19(12-10-16)23-20-13-17(14-22-15-20)21(25)24-18-7-5-3-4-6-8-18/h9-15,18,23H,2-8H2,1H3,(H,24,25). The summed E-state index contributed by atoms with van der Waals surface area (Å²) in [5.41, 5.74) is 3.75.